The molecule has 2 aromatic carbocycles. The van der Waals surface area contributed by atoms with E-state index in [4.69, 9.17) is 21.7 Å². The maximum atomic E-state index is 13.4. The fourth-order valence-electron chi connectivity index (χ4n) is 1.86. The van der Waals surface area contributed by atoms with Crippen molar-refractivity contribution in [2.45, 2.75) is 6.92 Å². The van der Waals surface area contributed by atoms with Gasteiger partial charge in [0.05, 0.1) is 13.2 Å². The van der Waals surface area contributed by atoms with Gasteiger partial charge in [-0.2, -0.15) is 0 Å². The fourth-order valence-corrected chi connectivity index (χ4v) is 2.08. The van der Waals surface area contributed by atoms with Crippen molar-refractivity contribution in [1.29, 1.82) is 0 Å². The minimum absolute atomic E-state index is 0.236. The van der Waals surface area contributed by atoms with Crippen molar-refractivity contribution in [2.75, 3.05) is 25.1 Å². The van der Waals surface area contributed by atoms with Crippen LogP contribution < -0.4 is 20.1 Å². The summed E-state index contributed by atoms with van der Waals surface area (Å²) in [7, 11) is 0. The number of hydrogen-bond acceptors (Lipinski definition) is 3. The van der Waals surface area contributed by atoms with Gasteiger partial charge in [-0.05, 0) is 55.5 Å². The van der Waals surface area contributed by atoms with E-state index in [1.807, 2.05) is 31.2 Å². The molecule has 0 fully saturated rings. The summed E-state index contributed by atoms with van der Waals surface area (Å²) in [4.78, 5) is 0. The van der Waals surface area contributed by atoms with E-state index in [1.165, 1.54) is 6.07 Å². The zero-order valence-corrected chi connectivity index (χ0v) is 13.7. The van der Waals surface area contributed by atoms with Gasteiger partial charge in [0.1, 0.15) is 12.4 Å². The first-order valence-corrected chi connectivity index (χ1v) is 7.75. The van der Waals surface area contributed by atoms with E-state index in [2.05, 4.69) is 10.6 Å². The van der Waals surface area contributed by atoms with Gasteiger partial charge >= 0.3 is 0 Å². The first kappa shape index (κ1) is 17.0. The Labute approximate surface area is 140 Å². The molecule has 0 aliphatic heterocycles. The normalized spacial score (nSPS) is 10.0. The van der Waals surface area contributed by atoms with Gasteiger partial charge in [-0.1, -0.05) is 12.1 Å². The van der Waals surface area contributed by atoms with Crippen LogP contribution in [-0.4, -0.2) is 24.9 Å². The lowest BCUT2D eigenvalue weighted by atomic mass is 10.3. The van der Waals surface area contributed by atoms with Crippen LogP contribution in [0.4, 0.5) is 10.1 Å². The van der Waals surface area contributed by atoms with E-state index in [1.54, 1.807) is 18.2 Å². The van der Waals surface area contributed by atoms with E-state index in [0.717, 1.165) is 11.4 Å². The Morgan fingerprint density at radius 3 is 2.52 bits per heavy atom. The standard InChI is InChI=1S/C17H19FN2O2S/c1-2-21-14-9-7-13(8-10-14)20-17(23)19-11-12-22-16-6-4-3-5-15(16)18/h3-10H,2,11-12H2,1H3,(H2,19,20,23). The average molecular weight is 334 g/mol. The van der Waals surface area contributed by atoms with Gasteiger partial charge in [0.15, 0.2) is 16.7 Å². The first-order valence-electron chi connectivity index (χ1n) is 7.34. The summed E-state index contributed by atoms with van der Waals surface area (Å²) in [6.07, 6.45) is 0. The van der Waals surface area contributed by atoms with Crippen LogP contribution in [0.15, 0.2) is 48.5 Å². The highest BCUT2D eigenvalue weighted by molar-refractivity contribution is 7.80. The van der Waals surface area contributed by atoms with E-state index in [0.29, 0.717) is 24.9 Å². The molecule has 2 aromatic rings. The summed E-state index contributed by atoms with van der Waals surface area (Å²) in [5.41, 5.74) is 0.862. The van der Waals surface area contributed by atoms with Gasteiger partial charge in [0, 0.05) is 5.69 Å². The Balaban J connectivity index is 1.70. The number of halogens is 1. The number of rotatable bonds is 7. The van der Waals surface area contributed by atoms with Gasteiger partial charge in [-0.25, -0.2) is 4.39 Å². The molecule has 0 bridgehead atoms. The van der Waals surface area contributed by atoms with Gasteiger partial charge in [-0.3, -0.25) is 0 Å². The minimum Gasteiger partial charge on any atom is -0.494 e. The number of thiocarbonyl (C=S) groups is 1. The second-order valence-corrected chi connectivity index (χ2v) is 5.03. The second kappa shape index (κ2) is 8.95. The molecule has 0 unspecified atom stereocenters. The smallest absolute Gasteiger partial charge is 0.170 e. The fraction of sp³-hybridized carbons (Fsp3) is 0.235. The van der Waals surface area contributed by atoms with E-state index < -0.39 is 0 Å². The molecular weight excluding hydrogens is 315 g/mol. The van der Waals surface area contributed by atoms with Crippen LogP contribution in [0.2, 0.25) is 0 Å². The molecule has 0 radical (unpaired) electrons. The molecule has 122 valence electrons. The molecule has 4 nitrogen and oxygen atoms in total. The highest BCUT2D eigenvalue weighted by Gasteiger charge is 2.02. The molecule has 0 aliphatic rings. The van der Waals surface area contributed by atoms with Gasteiger partial charge in [0.2, 0.25) is 0 Å². The van der Waals surface area contributed by atoms with Crippen molar-refractivity contribution < 1.29 is 13.9 Å². The van der Waals surface area contributed by atoms with Crippen LogP contribution in [0.1, 0.15) is 6.92 Å². The van der Waals surface area contributed by atoms with Crippen molar-refractivity contribution in [1.82, 2.24) is 5.32 Å². The number of nitrogens with one attached hydrogen (secondary N) is 2. The monoisotopic (exact) mass is 334 g/mol. The molecule has 0 amide bonds. The largest absolute Gasteiger partial charge is 0.494 e. The third kappa shape index (κ3) is 5.75. The quantitative estimate of drug-likeness (QED) is 0.598. The predicted octanol–water partition coefficient (Wildman–Crippen LogP) is 3.59. The van der Waals surface area contributed by atoms with Crippen LogP contribution in [0.3, 0.4) is 0 Å². The van der Waals surface area contributed by atoms with Crippen LogP contribution in [0, 0.1) is 5.82 Å². The summed E-state index contributed by atoms with van der Waals surface area (Å²) in [6, 6.07) is 13.8. The van der Waals surface area contributed by atoms with Gasteiger partial charge in [0.25, 0.3) is 0 Å². The Morgan fingerprint density at radius 1 is 1.09 bits per heavy atom. The Morgan fingerprint density at radius 2 is 1.83 bits per heavy atom. The van der Waals surface area contributed by atoms with Crippen molar-refractivity contribution >= 4 is 23.0 Å². The summed E-state index contributed by atoms with van der Waals surface area (Å²) >= 11 is 5.19. The lowest BCUT2D eigenvalue weighted by Crippen LogP contribution is -2.32. The van der Waals surface area contributed by atoms with Crippen molar-refractivity contribution in [3.05, 3.63) is 54.3 Å². The maximum Gasteiger partial charge on any atom is 0.170 e. The van der Waals surface area contributed by atoms with E-state index in [-0.39, 0.29) is 11.6 Å². The maximum absolute atomic E-state index is 13.4. The topological polar surface area (TPSA) is 42.5 Å². The zero-order chi connectivity index (χ0) is 16.5. The molecule has 0 spiro atoms. The zero-order valence-electron chi connectivity index (χ0n) is 12.8. The van der Waals surface area contributed by atoms with Crippen molar-refractivity contribution in [2.24, 2.45) is 0 Å². The average Bonchev–Trinajstić information content (AvgIpc) is 2.55. The van der Waals surface area contributed by atoms with Crippen LogP contribution in [-0.2, 0) is 0 Å². The van der Waals surface area contributed by atoms with Gasteiger partial charge < -0.3 is 20.1 Å². The minimum atomic E-state index is -0.373. The lowest BCUT2D eigenvalue weighted by Gasteiger charge is -2.12. The van der Waals surface area contributed by atoms with Crippen LogP contribution in [0.25, 0.3) is 0 Å². The number of ether oxygens (including phenoxy) is 2. The molecule has 23 heavy (non-hydrogen) atoms. The highest BCUT2D eigenvalue weighted by Crippen LogP contribution is 2.16. The Bertz CT molecular complexity index is 635. The Hall–Kier alpha value is -2.34. The summed E-state index contributed by atoms with van der Waals surface area (Å²) in [6.45, 7) is 3.35. The van der Waals surface area contributed by atoms with E-state index in [9.17, 15) is 4.39 Å². The molecule has 0 heterocycles. The van der Waals surface area contributed by atoms with Crippen LogP contribution >= 0.6 is 12.2 Å². The number of hydrogen-bond donors (Lipinski definition) is 2. The SMILES string of the molecule is CCOc1ccc(NC(=S)NCCOc2ccccc2F)cc1. The lowest BCUT2D eigenvalue weighted by molar-refractivity contribution is 0.306. The molecule has 0 saturated carbocycles. The third-order valence-electron chi connectivity index (χ3n) is 2.91. The highest BCUT2D eigenvalue weighted by atomic mass is 32.1. The summed E-state index contributed by atoms with van der Waals surface area (Å²) in [5.74, 6) is 0.678. The molecule has 0 atom stereocenters. The summed E-state index contributed by atoms with van der Waals surface area (Å²) in [5, 5.41) is 6.54. The number of benzene rings is 2. The van der Waals surface area contributed by atoms with E-state index >= 15 is 0 Å². The molecule has 0 aromatic heterocycles. The van der Waals surface area contributed by atoms with Crippen molar-refractivity contribution in [3.63, 3.8) is 0 Å². The Kier molecular flexibility index (Phi) is 6.62. The molecule has 0 aliphatic carbocycles. The van der Waals surface area contributed by atoms with Gasteiger partial charge in [-0.15, -0.1) is 0 Å². The third-order valence-corrected chi connectivity index (χ3v) is 3.15. The molecule has 6 heteroatoms. The first-order chi connectivity index (χ1) is 11.2. The summed E-state index contributed by atoms with van der Waals surface area (Å²) < 4.78 is 24.1. The van der Waals surface area contributed by atoms with Crippen molar-refractivity contribution in [3.8, 4) is 11.5 Å². The molecule has 0 saturated heterocycles. The van der Waals surface area contributed by atoms with Crippen LogP contribution in [0.5, 0.6) is 11.5 Å². The predicted molar refractivity (Wildman–Crippen MR) is 93.7 cm³/mol. The second-order valence-electron chi connectivity index (χ2n) is 4.62. The molecule has 2 rings (SSSR count). The molecule has 2 N–H and O–H groups in total. The number of anilines is 1. The molecular formula is C17H19FN2O2S. The number of para-hydroxylation sites is 1.